The number of amides is 2. The number of nitrogens with one attached hydrogen (secondary N) is 2. The monoisotopic (exact) mass is 416 g/mol. The fourth-order valence-corrected chi connectivity index (χ4v) is 4.21. The van der Waals surface area contributed by atoms with Crippen LogP contribution in [-0.2, 0) is 14.8 Å². The smallest absolute Gasteiger partial charge is 0.253 e. The summed E-state index contributed by atoms with van der Waals surface area (Å²) in [5, 5.41) is 3.06. The molecule has 1 unspecified atom stereocenters. The molecule has 0 aromatic heterocycles. The van der Waals surface area contributed by atoms with Crippen molar-refractivity contribution in [3.05, 3.63) is 29.8 Å². The molecule has 2 aliphatic rings. The minimum absolute atomic E-state index is 0. The molecular formula is C17H25ClN4O4S. The first-order chi connectivity index (χ1) is 12.4. The predicted molar refractivity (Wildman–Crippen MR) is 103 cm³/mol. The Morgan fingerprint density at radius 3 is 2.56 bits per heavy atom. The zero-order chi connectivity index (χ0) is 18.7. The number of sulfonamides is 1. The zero-order valence-electron chi connectivity index (χ0n) is 15.2. The highest BCUT2D eigenvalue weighted by atomic mass is 35.5. The van der Waals surface area contributed by atoms with E-state index < -0.39 is 10.0 Å². The summed E-state index contributed by atoms with van der Waals surface area (Å²) in [6, 6.07) is 5.98. The summed E-state index contributed by atoms with van der Waals surface area (Å²) in [6.45, 7) is 2.96. The lowest BCUT2D eigenvalue weighted by Crippen LogP contribution is -2.57. The van der Waals surface area contributed by atoms with Gasteiger partial charge in [-0.15, -0.1) is 12.4 Å². The predicted octanol–water partition coefficient (Wildman–Crippen LogP) is 0.0529. The number of halogens is 1. The van der Waals surface area contributed by atoms with E-state index in [-0.39, 0.29) is 35.2 Å². The highest BCUT2D eigenvalue weighted by Gasteiger charge is 2.32. The van der Waals surface area contributed by atoms with Crippen LogP contribution in [0.3, 0.4) is 0 Å². The first kappa shape index (κ1) is 21.6. The van der Waals surface area contributed by atoms with Crippen LogP contribution in [0.25, 0.3) is 0 Å². The molecule has 1 aromatic carbocycles. The Kier molecular flexibility index (Phi) is 7.21. The number of nitrogens with zero attached hydrogens (tertiary/aromatic N) is 2. The number of carbonyl (C=O) groups excluding carboxylic acids is 2. The van der Waals surface area contributed by atoms with Gasteiger partial charge in [-0.2, -0.15) is 0 Å². The van der Waals surface area contributed by atoms with Gasteiger partial charge in [-0.3, -0.25) is 9.59 Å². The number of carbonyl (C=O) groups is 2. The molecule has 1 aromatic rings. The minimum atomic E-state index is -3.52. The summed E-state index contributed by atoms with van der Waals surface area (Å²) in [5.74, 6) is -0.0529. The summed E-state index contributed by atoms with van der Waals surface area (Å²) in [5.41, 5.74) is 0.451. The van der Waals surface area contributed by atoms with Crippen LogP contribution in [-0.4, -0.2) is 75.8 Å². The van der Waals surface area contributed by atoms with E-state index in [1.165, 1.54) is 31.3 Å². The van der Waals surface area contributed by atoms with Crippen molar-refractivity contribution in [3.8, 4) is 0 Å². The molecule has 2 amide bonds. The molecule has 1 atom stereocenters. The SMILES string of the molecule is CNS(=O)(=O)c1ccc(C(=O)N2CCCC(N3CCNCC3=O)C2)cc1.Cl. The second kappa shape index (κ2) is 9.01. The maximum Gasteiger partial charge on any atom is 0.253 e. The maximum absolute atomic E-state index is 12.8. The number of piperidine rings is 1. The number of benzene rings is 1. The van der Waals surface area contributed by atoms with E-state index in [1.807, 2.05) is 4.90 Å². The van der Waals surface area contributed by atoms with Crippen molar-refractivity contribution in [2.24, 2.45) is 0 Å². The van der Waals surface area contributed by atoms with Crippen LogP contribution >= 0.6 is 12.4 Å². The van der Waals surface area contributed by atoms with Gasteiger partial charge in [0.2, 0.25) is 15.9 Å². The van der Waals surface area contributed by atoms with Gasteiger partial charge in [0.1, 0.15) is 0 Å². The van der Waals surface area contributed by atoms with Crippen LogP contribution in [0.1, 0.15) is 23.2 Å². The second-order valence-electron chi connectivity index (χ2n) is 6.54. The van der Waals surface area contributed by atoms with Gasteiger partial charge in [0.05, 0.1) is 11.4 Å². The summed E-state index contributed by atoms with van der Waals surface area (Å²) < 4.78 is 25.8. The molecule has 2 aliphatic heterocycles. The molecule has 10 heteroatoms. The minimum Gasteiger partial charge on any atom is -0.337 e. The van der Waals surface area contributed by atoms with E-state index in [0.717, 1.165) is 19.4 Å². The molecule has 0 aliphatic carbocycles. The topological polar surface area (TPSA) is 98.8 Å². The third-order valence-corrected chi connectivity index (χ3v) is 6.36. The molecule has 2 fully saturated rings. The normalized spacial score (nSPS) is 20.9. The van der Waals surface area contributed by atoms with Gasteiger partial charge in [0, 0.05) is 37.8 Å². The Morgan fingerprint density at radius 1 is 1.22 bits per heavy atom. The Labute approximate surface area is 165 Å². The molecule has 0 bridgehead atoms. The van der Waals surface area contributed by atoms with E-state index in [1.54, 1.807) is 4.90 Å². The first-order valence-corrected chi connectivity index (χ1v) is 10.2. The highest BCUT2D eigenvalue weighted by Crippen LogP contribution is 2.20. The van der Waals surface area contributed by atoms with Gasteiger partial charge in [-0.1, -0.05) is 0 Å². The van der Waals surface area contributed by atoms with E-state index >= 15 is 0 Å². The lowest BCUT2D eigenvalue weighted by atomic mass is 10.0. The van der Waals surface area contributed by atoms with Crippen LogP contribution in [0.2, 0.25) is 0 Å². The summed E-state index contributed by atoms with van der Waals surface area (Å²) >= 11 is 0. The van der Waals surface area contributed by atoms with Gasteiger partial charge < -0.3 is 15.1 Å². The zero-order valence-corrected chi connectivity index (χ0v) is 16.8. The van der Waals surface area contributed by atoms with Crippen molar-refractivity contribution < 1.29 is 18.0 Å². The van der Waals surface area contributed by atoms with Crippen LogP contribution in [0.15, 0.2) is 29.2 Å². The molecule has 2 N–H and O–H groups in total. The molecule has 150 valence electrons. The summed E-state index contributed by atoms with van der Waals surface area (Å²) in [4.78, 5) is 28.6. The number of hydrogen-bond acceptors (Lipinski definition) is 5. The average molecular weight is 417 g/mol. The Hall–Kier alpha value is -1.68. The largest absolute Gasteiger partial charge is 0.337 e. The van der Waals surface area contributed by atoms with Crippen molar-refractivity contribution in [1.82, 2.24) is 19.8 Å². The van der Waals surface area contributed by atoms with E-state index in [4.69, 9.17) is 0 Å². The quantitative estimate of drug-likeness (QED) is 0.722. The fraction of sp³-hybridized carbons (Fsp3) is 0.529. The summed E-state index contributed by atoms with van der Waals surface area (Å²) in [6.07, 6.45) is 1.74. The lowest BCUT2D eigenvalue weighted by molar-refractivity contribution is -0.135. The molecule has 0 radical (unpaired) electrons. The van der Waals surface area contributed by atoms with Crippen molar-refractivity contribution in [2.45, 2.75) is 23.8 Å². The van der Waals surface area contributed by atoms with E-state index in [2.05, 4.69) is 10.0 Å². The van der Waals surface area contributed by atoms with Gasteiger partial charge in [-0.25, -0.2) is 13.1 Å². The molecule has 0 saturated carbocycles. The van der Waals surface area contributed by atoms with Crippen molar-refractivity contribution in [1.29, 1.82) is 0 Å². The third kappa shape index (κ3) is 4.78. The number of piperazine rings is 1. The molecule has 2 saturated heterocycles. The number of hydrogen-bond donors (Lipinski definition) is 2. The van der Waals surface area contributed by atoms with E-state index in [9.17, 15) is 18.0 Å². The number of rotatable bonds is 4. The van der Waals surface area contributed by atoms with Crippen LogP contribution in [0.5, 0.6) is 0 Å². The standard InChI is InChI=1S/C17H24N4O4S.ClH/c1-18-26(24,25)15-6-4-13(5-7-15)17(23)20-9-2-3-14(12-20)21-10-8-19-11-16(21)22;/h4-7,14,18-19H,2-3,8-12H2,1H3;1H. The Morgan fingerprint density at radius 2 is 1.93 bits per heavy atom. The highest BCUT2D eigenvalue weighted by molar-refractivity contribution is 7.89. The van der Waals surface area contributed by atoms with Gasteiger partial charge in [0.15, 0.2) is 0 Å². The molecular weight excluding hydrogens is 392 g/mol. The summed E-state index contributed by atoms with van der Waals surface area (Å²) in [7, 11) is -2.17. The maximum atomic E-state index is 12.8. The van der Waals surface area contributed by atoms with Crippen molar-refractivity contribution in [2.75, 3.05) is 39.8 Å². The molecule has 3 rings (SSSR count). The third-order valence-electron chi connectivity index (χ3n) is 4.93. The van der Waals surface area contributed by atoms with Gasteiger partial charge >= 0.3 is 0 Å². The Balaban J connectivity index is 0.00000261. The van der Waals surface area contributed by atoms with Crippen LogP contribution < -0.4 is 10.0 Å². The van der Waals surface area contributed by atoms with E-state index in [0.29, 0.717) is 31.7 Å². The van der Waals surface area contributed by atoms with Crippen LogP contribution in [0.4, 0.5) is 0 Å². The van der Waals surface area contributed by atoms with Crippen molar-refractivity contribution in [3.63, 3.8) is 0 Å². The average Bonchev–Trinajstić information content (AvgIpc) is 2.68. The lowest BCUT2D eigenvalue weighted by Gasteiger charge is -2.41. The first-order valence-electron chi connectivity index (χ1n) is 8.75. The fourth-order valence-electron chi connectivity index (χ4n) is 3.48. The second-order valence-corrected chi connectivity index (χ2v) is 8.43. The van der Waals surface area contributed by atoms with Gasteiger partial charge in [0.25, 0.3) is 5.91 Å². The van der Waals surface area contributed by atoms with Crippen LogP contribution in [0, 0.1) is 0 Å². The molecule has 8 nitrogen and oxygen atoms in total. The number of likely N-dealkylation sites (tertiary alicyclic amines) is 1. The Bertz CT molecular complexity index is 785. The molecule has 27 heavy (non-hydrogen) atoms. The van der Waals surface area contributed by atoms with Gasteiger partial charge in [-0.05, 0) is 44.2 Å². The molecule has 0 spiro atoms. The van der Waals surface area contributed by atoms with Crippen molar-refractivity contribution >= 4 is 34.2 Å². The molecule has 2 heterocycles.